The highest BCUT2D eigenvalue weighted by molar-refractivity contribution is 5.85. The molecule has 2 heterocycles. The molecule has 1 fully saturated rings. The molecule has 24 heavy (non-hydrogen) atoms. The molecule has 0 bridgehead atoms. The van der Waals surface area contributed by atoms with Crippen LogP contribution in [-0.4, -0.2) is 48.3 Å². The Labute approximate surface area is 149 Å². The zero-order valence-electron chi connectivity index (χ0n) is 14.4. The van der Waals surface area contributed by atoms with E-state index in [-0.39, 0.29) is 18.4 Å². The van der Waals surface area contributed by atoms with Crippen molar-refractivity contribution in [2.75, 3.05) is 33.3 Å². The fourth-order valence-corrected chi connectivity index (χ4v) is 2.56. The standard InChI is InChI=1S/C17H24N4O2.ClH/c1-12(2)11-22-14-6-4-5-13(9-14)17-19-16(20-23-17)15-10-18-7-8-21(15)3;/h4-6,9,12,15,18H,7-8,10-11H2,1-3H3;1H. The van der Waals surface area contributed by atoms with E-state index in [0.29, 0.717) is 18.4 Å². The van der Waals surface area contributed by atoms with Crippen molar-refractivity contribution in [1.82, 2.24) is 20.4 Å². The summed E-state index contributed by atoms with van der Waals surface area (Å²) in [6.07, 6.45) is 0. The lowest BCUT2D eigenvalue weighted by atomic mass is 10.2. The summed E-state index contributed by atoms with van der Waals surface area (Å²) in [4.78, 5) is 6.82. The maximum absolute atomic E-state index is 5.76. The number of likely N-dealkylation sites (N-methyl/N-ethyl adjacent to an activating group) is 1. The molecule has 6 nitrogen and oxygen atoms in total. The molecule has 1 N–H and O–H groups in total. The minimum Gasteiger partial charge on any atom is -0.493 e. The van der Waals surface area contributed by atoms with Gasteiger partial charge in [-0.1, -0.05) is 25.1 Å². The number of benzene rings is 1. The molecule has 0 saturated carbocycles. The first-order valence-electron chi connectivity index (χ1n) is 8.11. The summed E-state index contributed by atoms with van der Waals surface area (Å²) in [6, 6.07) is 7.96. The van der Waals surface area contributed by atoms with Crippen LogP contribution in [0.1, 0.15) is 25.7 Å². The quantitative estimate of drug-likeness (QED) is 0.892. The van der Waals surface area contributed by atoms with Crippen LogP contribution in [0, 0.1) is 5.92 Å². The van der Waals surface area contributed by atoms with E-state index >= 15 is 0 Å². The van der Waals surface area contributed by atoms with Crippen molar-refractivity contribution < 1.29 is 9.26 Å². The molecule has 1 atom stereocenters. The molecule has 1 aromatic carbocycles. The molecule has 1 unspecified atom stereocenters. The first-order chi connectivity index (χ1) is 11.1. The van der Waals surface area contributed by atoms with E-state index in [1.54, 1.807) is 0 Å². The van der Waals surface area contributed by atoms with Crippen molar-refractivity contribution in [3.8, 4) is 17.2 Å². The van der Waals surface area contributed by atoms with Gasteiger partial charge in [0.15, 0.2) is 5.82 Å². The van der Waals surface area contributed by atoms with Gasteiger partial charge in [-0.3, -0.25) is 4.90 Å². The molecule has 3 rings (SSSR count). The van der Waals surface area contributed by atoms with E-state index in [1.807, 2.05) is 24.3 Å². The number of nitrogens with zero attached hydrogens (tertiary/aromatic N) is 3. The van der Waals surface area contributed by atoms with E-state index in [1.165, 1.54) is 0 Å². The Balaban J connectivity index is 0.00000208. The van der Waals surface area contributed by atoms with Crippen LogP contribution < -0.4 is 10.1 Å². The second-order valence-corrected chi connectivity index (χ2v) is 6.39. The van der Waals surface area contributed by atoms with Gasteiger partial charge in [0.05, 0.1) is 12.6 Å². The maximum Gasteiger partial charge on any atom is 0.258 e. The summed E-state index contributed by atoms with van der Waals surface area (Å²) >= 11 is 0. The summed E-state index contributed by atoms with van der Waals surface area (Å²) < 4.78 is 11.2. The van der Waals surface area contributed by atoms with Gasteiger partial charge in [0.25, 0.3) is 5.89 Å². The Hall–Kier alpha value is -1.63. The number of halogens is 1. The Bertz CT molecular complexity index is 647. The minimum atomic E-state index is 0. The smallest absolute Gasteiger partial charge is 0.258 e. The molecule has 1 aliphatic heterocycles. The Morgan fingerprint density at radius 3 is 3.00 bits per heavy atom. The summed E-state index contributed by atoms with van der Waals surface area (Å²) in [5.74, 6) is 2.58. The summed E-state index contributed by atoms with van der Waals surface area (Å²) in [5.41, 5.74) is 0.886. The fraction of sp³-hybridized carbons (Fsp3) is 0.529. The molecular formula is C17H25ClN4O2. The highest BCUT2D eigenvalue weighted by Crippen LogP contribution is 2.25. The Morgan fingerprint density at radius 1 is 1.42 bits per heavy atom. The molecule has 0 aliphatic carbocycles. The van der Waals surface area contributed by atoms with Crippen LogP contribution in [0.3, 0.4) is 0 Å². The first kappa shape index (κ1) is 18.7. The molecule has 7 heteroatoms. The third kappa shape index (κ3) is 4.47. The van der Waals surface area contributed by atoms with Gasteiger partial charge in [-0.2, -0.15) is 4.98 Å². The Morgan fingerprint density at radius 2 is 2.25 bits per heavy atom. The predicted octanol–water partition coefficient (Wildman–Crippen LogP) is 2.77. The molecule has 0 radical (unpaired) electrons. The van der Waals surface area contributed by atoms with Crippen molar-refractivity contribution in [2.24, 2.45) is 5.92 Å². The summed E-state index contributed by atoms with van der Waals surface area (Å²) in [6.45, 7) is 7.76. The number of hydrogen-bond acceptors (Lipinski definition) is 6. The second-order valence-electron chi connectivity index (χ2n) is 6.39. The number of piperazine rings is 1. The van der Waals surface area contributed by atoms with Crippen molar-refractivity contribution in [1.29, 1.82) is 0 Å². The Kier molecular flexibility index (Phi) is 6.60. The van der Waals surface area contributed by atoms with Crippen LogP contribution in [0.2, 0.25) is 0 Å². The van der Waals surface area contributed by atoms with E-state index in [0.717, 1.165) is 36.8 Å². The zero-order valence-corrected chi connectivity index (χ0v) is 15.2. The average Bonchev–Trinajstić information content (AvgIpc) is 3.03. The van der Waals surface area contributed by atoms with Crippen LogP contribution in [0.25, 0.3) is 11.5 Å². The topological polar surface area (TPSA) is 63.4 Å². The number of aromatic nitrogens is 2. The van der Waals surface area contributed by atoms with Crippen molar-refractivity contribution in [2.45, 2.75) is 19.9 Å². The molecular weight excluding hydrogens is 328 g/mol. The third-order valence-corrected chi connectivity index (χ3v) is 3.92. The molecule has 0 amide bonds. The molecule has 0 spiro atoms. The van der Waals surface area contributed by atoms with Gasteiger partial charge in [-0.15, -0.1) is 12.4 Å². The van der Waals surface area contributed by atoms with Crippen LogP contribution in [0.5, 0.6) is 5.75 Å². The van der Waals surface area contributed by atoms with E-state index < -0.39 is 0 Å². The van der Waals surface area contributed by atoms with Crippen LogP contribution in [0.15, 0.2) is 28.8 Å². The van der Waals surface area contributed by atoms with Crippen molar-refractivity contribution in [3.05, 3.63) is 30.1 Å². The van der Waals surface area contributed by atoms with Crippen molar-refractivity contribution >= 4 is 12.4 Å². The largest absolute Gasteiger partial charge is 0.493 e. The normalized spacial score (nSPS) is 18.4. The minimum absolute atomic E-state index is 0. The third-order valence-electron chi connectivity index (χ3n) is 3.92. The van der Waals surface area contributed by atoms with Crippen LogP contribution in [-0.2, 0) is 0 Å². The fourth-order valence-electron chi connectivity index (χ4n) is 2.56. The molecule has 1 aromatic heterocycles. The summed E-state index contributed by atoms with van der Waals surface area (Å²) in [7, 11) is 2.09. The van der Waals surface area contributed by atoms with Gasteiger partial charge in [0.2, 0.25) is 0 Å². The lowest BCUT2D eigenvalue weighted by Crippen LogP contribution is -2.44. The van der Waals surface area contributed by atoms with Crippen LogP contribution in [0.4, 0.5) is 0 Å². The number of rotatable bonds is 5. The zero-order chi connectivity index (χ0) is 16.2. The lowest BCUT2D eigenvalue weighted by molar-refractivity contribution is 0.190. The number of nitrogens with one attached hydrogen (secondary N) is 1. The van der Waals surface area contributed by atoms with Gasteiger partial charge in [-0.25, -0.2) is 0 Å². The number of ether oxygens (including phenoxy) is 1. The monoisotopic (exact) mass is 352 g/mol. The second kappa shape index (κ2) is 8.46. The van der Waals surface area contributed by atoms with Gasteiger partial charge < -0.3 is 14.6 Å². The lowest BCUT2D eigenvalue weighted by Gasteiger charge is -2.30. The molecule has 1 aliphatic rings. The summed E-state index contributed by atoms with van der Waals surface area (Å²) in [5, 5.41) is 7.53. The van der Waals surface area contributed by atoms with Gasteiger partial charge in [0, 0.05) is 25.2 Å². The van der Waals surface area contributed by atoms with Gasteiger partial charge in [-0.05, 0) is 31.2 Å². The number of hydrogen-bond donors (Lipinski definition) is 1. The maximum atomic E-state index is 5.76. The molecule has 132 valence electrons. The average molecular weight is 353 g/mol. The van der Waals surface area contributed by atoms with E-state index in [4.69, 9.17) is 9.26 Å². The van der Waals surface area contributed by atoms with Gasteiger partial charge in [0.1, 0.15) is 5.75 Å². The van der Waals surface area contributed by atoms with Crippen molar-refractivity contribution in [3.63, 3.8) is 0 Å². The molecule has 1 saturated heterocycles. The molecule has 2 aromatic rings. The van der Waals surface area contributed by atoms with Gasteiger partial charge >= 0.3 is 0 Å². The van der Waals surface area contributed by atoms with E-state index in [2.05, 4.69) is 41.3 Å². The highest BCUT2D eigenvalue weighted by Gasteiger charge is 2.25. The van der Waals surface area contributed by atoms with Crippen LogP contribution >= 0.6 is 12.4 Å². The van der Waals surface area contributed by atoms with E-state index in [9.17, 15) is 0 Å². The first-order valence-corrected chi connectivity index (χ1v) is 8.11. The SMILES string of the molecule is CC(C)COc1cccc(-c2nc(C3CNCCN3C)no2)c1.Cl. The highest BCUT2D eigenvalue weighted by atomic mass is 35.5. The predicted molar refractivity (Wildman–Crippen MR) is 95.6 cm³/mol.